The predicted molar refractivity (Wildman–Crippen MR) is 119 cm³/mol. The van der Waals surface area contributed by atoms with E-state index in [1.807, 2.05) is 30.8 Å². The van der Waals surface area contributed by atoms with E-state index in [0.717, 1.165) is 36.1 Å². The highest BCUT2D eigenvalue weighted by atomic mass is 16.2. The summed E-state index contributed by atoms with van der Waals surface area (Å²) in [6.45, 7) is 5.98. The maximum absolute atomic E-state index is 12.7. The monoisotopic (exact) mass is 389 g/mol. The third kappa shape index (κ3) is 4.42. The topological polar surface area (TPSA) is 38.1 Å². The molecule has 0 unspecified atom stereocenters. The second-order valence-corrected chi connectivity index (χ2v) is 8.20. The van der Waals surface area contributed by atoms with Gasteiger partial charge in [-0.15, -0.1) is 0 Å². The number of carbonyl (C=O) groups excluding carboxylic acids is 1. The van der Waals surface area contributed by atoms with Crippen molar-refractivity contribution in [2.24, 2.45) is 0 Å². The van der Waals surface area contributed by atoms with Crippen molar-refractivity contribution in [3.05, 3.63) is 77.5 Å². The first-order valence-electron chi connectivity index (χ1n) is 10.3. The van der Waals surface area contributed by atoms with Crippen molar-refractivity contribution < 1.29 is 4.79 Å². The summed E-state index contributed by atoms with van der Waals surface area (Å²) in [5.41, 5.74) is 5.19. The zero-order chi connectivity index (χ0) is 21.0. The minimum Gasteiger partial charge on any atom is -0.347 e. The number of carbonyl (C=O) groups is 1. The molecule has 0 atom stereocenters. The van der Waals surface area contributed by atoms with Gasteiger partial charge in [-0.1, -0.05) is 61.5 Å². The van der Waals surface area contributed by atoms with Crippen LogP contribution in [0.25, 0.3) is 11.3 Å². The van der Waals surface area contributed by atoms with Crippen LogP contribution in [0.2, 0.25) is 0 Å². The standard InChI is InChI=1S/C25H31N3O/c1-6-20-18-28(25(2,3)24(29)27(4)5)26-23(20)22-15-11-10-14-21(22)17-16-19-12-8-7-9-13-19/h7-15,18H,6,16-17H2,1-5H3. The van der Waals surface area contributed by atoms with Crippen LogP contribution in [0.5, 0.6) is 0 Å². The lowest BCUT2D eigenvalue weighted by Gasteiger charge is -2.27. The molecule has 0 fully saturated rings. The first-order chi connectivity index (χ1) is 13.8. The van der Waals surface area contributed by atoms with E-state index in [-0.39, 0.29) is 5.91 Å². The van der Waals surface area contributed by atoms with Gasteiger partial charge in [0.05, 0.1) is 5.69 Å². The van der Waals surface area contributed by atoms with E-state index < -0.39 is 5.54 Å². The van der Waals surface area contributed by atoms with Crippen LogP contribution in [0.3, 0.4) is 0 Å². The van der Waals surface area contributed by atoms with Crippen LogP contribution in [-0.4, -0.2) is 34.7 Å². The molecule has 29 heavy (non-hydrogen) atoms. The molecule has 0 N–H and O–H groups in total. The molecule has 2 aromatic carbocycles. The van der Waals surface area contributed by atoms with Gasteiger partial charge in [-0.2, -0.15) is 5.10 Å². The van der Waals surface area contributed by atoms with Crippen LogP contribution in [0.4, 0.5) is 0 Å². The van der Waals surface area contributed by atoms with E-state index >= 15 is 0 Å². The van der Waals surface area contributed by atoms with Gasteiger partial charge in [0, 0.05) is 25.9 Å². The molecule has 0 aliphatic rings. The first kappa shape index (κ1) is 20.8. The van der Waals surface area contributed by atoms with Gasteiger partial charge in [-0.25, -0.2) is 0 Å². The maximum atomic E-state index is 12.7. The Balaban J connectivity index is 1.97. The molecule has 0 saturated carbocycles. The predicted octanol–water partition coefficient (Wildman–Crippen LogP) is 4.72. The van der Waals surface area contributed by atoms with Gasteiger partial charge in [0.15, 0.2) is 0 Å². The third-order valence-electron chi connectivity index (χ3n) is 5.47. The van der Waals surface area contributed by atoms with Crippen LogP contribution >= 0.6 is 0 Å². The van der Waals surface area contributed by atoms with Crippen molar-refractivity contribution in [3.8, 4) is 11.3 Å². The molecule has 4 nitrogen and oxygen atoms in total. The first-order valence-corrected chi connectivity index (χ1v) is 10.3. The maximum Gasteiger partial charge on any atom is 0.249 e. The van der Waals surface area contributed by atoms with Crippen molar-refractivity contribution in [3.63, 3.8) is 0 Å². The number of amides is 1. The van der Waals surface area contributed by atoms with E-state index in [0.29, 0.717) is 0 Å². The molecule has 1 amide bonds. The van der Waals surface area contributed by atoms with Gasteiger partial charge in [0.2, 0.25) is 5.91 Å². The third-order valence-corrected chi connectivity index (χ3v) is 5.47. The van der Waals surface area contributed by atoms with Gasteiger partial charge in [-0.3, -0.25) is 9.48 Å². The molecule has 1 heterocycles. The van der Waals surface area contributed by atoms with Crippen LogP contribution in [0, 0.1) is 0 Å². The average Bonchev–Trinajstić information content (AvgIpc) is 3.17. The largest absolute Gasteiger partial charge is 0.347 e. The Morgan fingerprint density at radius 3 is 2.28 bits per heavy atom. The van der Waals surface area contributed by atoms with Crippen molar-refractivity contribution in [1.82, 2.24) is 14.7 Å². The zero-order valence-corrected chi connectivity index (χ0v) is 18.1. The lowest BCUT2D eigenvalue weighted by Crippen LogP contribution is -2.44. The number of aryl methyl sites for hydroxylation is 3. The molecule has 0 radical (unpaired) electrons. The van der Waals surface area contributed by atoms with E-state index in [9.17, 15) is 4.79 Å². The molecule has 1 aromatic heterocycles. The Bertz CT molecular complexity index is 971. The van der Waals surface area contributed by atoms with Crippen LogP contribution < -0.4 is 0 Å². The fourth-order valence-corrected chi connectivity index (χ4v) is 3.72. The highest BCUT2D eigenvalue weighted by Crippen LogP contribution is 2.30. The lowest BCUT2D eigenvalue weighted by atomic mass is 9.96. The summed E-state index contributed by atoms with van der Waals surface area (Å²) in [7, 11) is 3.57. The van der Waals surface area contributed by atoms with Gasteiger partial charge in [0.1, 0.15) is 5.54 Å². The Morgan fingerprint density at radius 1 is 0.966 bits per heavy atom. The van der Waals surface area contributed by atoms with Crippen molar-refractivity contribution in [1.29, 1.82) is 0 Å². The van der Waals surface area contributed by atoms with Crippen LogP contribution in [0.15, 0.2) is 60.8 Å². The SMILES string of the molecule is CCc1cn(C(C)(C)C(=O)N(C)C)nc1-c1ccccc1CCc1ccccc1. The second-order valence-electron chi connectivity index (χ2n) is 8.20. The number of likely N-dealkylation sites (N-methyl/N-ethyl adjacent to an activating group) is 1. The van der Waals surface area contributed by atoms with E-state index in [1.165, 1.54) is 11.1 Å². The van der Waals surface area contributed by atoms with E-state index in [4.69, 9.17) is 5.10 Å². The normalized spacial score (nSPS) is 11.5. The van der Waals surface area contributed by atoms with Crippen LogP contribution in [-0.2, 0) is 29.6 Å². The minimum atomic E-state index is -0.731. The molecule has 0 saturated heterocycles. The second kappa shape index (κ2) is 8.64. The van der Waals surface area contributed by atoms with Gasteiger partial charge < -0.3 is 4.90 Å². The number of rotatable bonds is 7. The van der Waals surface area contributed by atoms with Crippen LogP contribution in [0.1, 0.15) is 37.5 Å². The lowest BCUT2D eigenvalue weighted by molar-refractivity contribution is -0.137. The summed E-state index contributed by atoms with van der Waals surface area (Å²) in [4.78, 5) is 14.3. The average molecular weight is 390 g/mol. The van der Waals surface area contributed by atoms with Gasteiger partial charge in [0.25, 0.3) is 0 Å². The van der Waals surface area contributed by atoms with E-state index in [2.05, 4.69) is 55.5 Å². The molecule has 4 heteroatoms. The fraction of sp³-hybridized carbons (Fsp3) is 0.360. The molecule has 0 aliphatic carbocycles. The number of hydrogen-bond acceptors (Lipinski definition) is 2. The van der Waals surface area contributed by atoms with Gasteiger partial charge in [-0.05, 0) is 49.8 Å². The molecule has 0 bridgehead atoms. The smallest absolute Gasteiger partial charge is 0.249 e. The summed E-state index contributed by atoms with van der Waals surface area (Å²) in [6.07, 6.45) is 4.85. The van der Waals surface area contributed by atoms with Crippen molar-refractivity contribution in [2.45, 2.75) is 45.6 Å². The highest BCUT2D eigenvalue weighted by molar-refractivity contribution is 5.83. The summed E-state index contributed by atoms with van der Waals surface area (Å²) in [6, 6.07) is 19.0. The number of aromatic nitrogens is 2. The summed E-state index contributed by atoms with van der Waals surface area (Å²) < 4.78 is 1.83. The summed E-state index contributed by atoms with van der Waals surface area (Å²) in [5.74, 6) is 0.0339. The molecular weight excluding hydrogens is 358 g/mol. The van der Waals surface area contributed by atoms with E-state index in [1.54, 1.807) is 19.0 Å². The fourth-order valence-electron chi connectivity index (χ4n) is 3.72. The summed E-state index contributed by atoms with van der Waals surface area (Å²) >= 11 is 0. The molecule has 0 aliphatic heterocycles. The van der Waals surface area contributed by atoms with Gasteiger partial charge >= 0.3 is 0 Å². The van der Waals surface area contributed by atoms with Crippen molar-refractivity contribution in [2.75, 3.05) is 14.1 Å². The molecular formula is C25H31N3O. The molecule has 3 aromatic rings. The summed E-state index contributed by atoms with van der Waals surface area (Å²) in [5, 5.41) is 4.91. The highest BCUT2D eigenvalue weighted by Gasteiger charge is 2.33. The number of nitrogens with zero attached hydrogens (tertiary/aromatic N) is 3. The Kier molecular flexibility index (Phi) is 6.21. The zero-order valence-electron chi connectivity index (χ0n) is 18.1. The molecule has 3 rings (SSSR count). The Labute approximate surface area is 174 Å². The molecule has 152 valence electrons. The minimum absolute atomic E-state index is 0.0339. The number of hydrogen-bond donors (Lipinski definition) is 0. The number of benzene rings is 2. The molecule has 0 spiro atoms. The quantitative estimate of drug-likeness (QED) is 0.586. The Hall–Kier alpha value is -2.88. The van der Waals surface area contributed by atoms with Crippen molar-refractivity contribution >= 4 is 5.91 Å². The Morgan fingerprint density at radius 2 is 1.62 bits per heavy atom.